The van der Waals surface area contributed by atoms with Crippen LogP contribution < -0.4 is 24.8 Å². The molecule has 0 aliphatic carbocycles. The van der Waals surface area contributed by atoms with Crippen LogP contribution in [0, 0.1) is 0 Å². The molecule has 224 valence electrons. The molecule has 7 nitrogen and oxygen atoms in total. The van der Waals surface area contributed by atoms with E-state index in [1.165, 1.54) is 0 Å². The summed E-state index contributed by atoms with van der Waals surface area (Å²) in [6, 6.07) is 28.6. The average Bonchev–Trinajstić information content (AvgIpc) is 3.04. The summed E-state index contributed by atoms with van der Waals surface area (Å²) >= 11 is 0. The standard InChI is InChI=1S/C36H40N2O5/c1-3-5-7-25-41-31-17-9-27(10-18-31)35(39)37-29-13-21-33(22-14-29)43-34-23-15-30(16-24-34)38-36(40)28-11-19-32(20-12-28)42-26-8-6-4-2/h9-24H,3-8,25-26H2,1-2H3,(H,37,39)(H,38,40). The monoisotopic (exact) mass is 580 g/mol. The Bertz CT molecular complexity index is 1310. The predicted molar refractivity (Wildman–Crippen MR) is 172 cm³/mol. The summed E-state index contributed by atoms with van der Waals surface area (Å²) in [4.78, 5) is 25.3. The van der Waals surface area contributed by atoms with Crippen molar-refractivity contribution in [1.29, 1.82) is 0 Å². The maximum absolute atomic E-state index is 12.7. The molecule has 4 aromatic rings. The number of nitrogens with one attached hydrogen (secondary N) is 2. The van der Waals surface area contributed by atoms with Crippen LogP contribution in [0.1, 0.15) is 73.1 Å². The van der Waals surface area contributed by atoms with Gasteiger partial charge in [-0.15, -0.1) is 0 Å². The molecule has 0 aliphatic rings. The van der Waals surface area contributed by atoms with Crippen LogP contribution in [-0.2, 0) is 0 Å². The van der Waals surface area contributed by atoms with E-state index >= 15 is 0 Å². The van der Waals surface area contributed by atoms with Gasteiger partial charge >= 0.3 is 0 Å². The molecule has 0 saturated heterocycles. The molecule has 4 aromatic carbocycles. The van der Waals surface area contributed by atoms with Crippen LogP contribution in [0.15, 0.2) is 97.1 Å². The van der Waals surface area contributed by atoms with Gasteiger partial charge in [0.2, 0.25) is 0 Å². The second-order valence-electron chi connectivity index (χ2n) is 10.2. The van der Waals surface area contributed by atoms with E-state index < -0.39 is 0 Å². The van der Waals surface area contributed by atoms with Crippen molar-refractivity contribution < 1.29 is 23.8 Å². The Hall–Kier alpha value is -4.78. The molecule has 0 unspecified atom stereocenters. The lowest BCUT2D eigenvalue weighted by atomic mass is 10.2. The van der Waals surface area contributed by atoms with Gasteiger partial charge in [0.1, 0.15) is 23.0 Å². The third-order valence-corrected chi connectivity index (χ3v) is 6.73. The van der Waals surface area contributed by atoms with E-state index in [1.807, 2.05) is 24.3 Å². The molecular weight excluding hydrogens is 540 g/mol. The van der Waals surface area contributed by atoms with Gasteiger partial charge in [0.25, 0.3) is 11.8 Å². The predicted octanol–water partition coefficient (Wildman–Crippen LogP) is 9.12. The smallest absolute Gasteiger partial charge is 0.255 e. The molecule has 0 fully saturated rings. The minimum atomic E-state index is -0.199. The van der Waals surface area contributed by atoms with Crippen molar-refractivity contribution in [3.8, 4) is 23.0 Å². The number of hydrogen-bond acceptors (Lipinski definition) is 5. The maximum Gasteiger partial charge on any atom is 0.255 e. The Morgan fingerprint density at radius 3 is 1.19 bits per heavy atom. The van der Waals surface area contributed by atoms with Crippen LogP contribution in [0.25, 0.3) is 0 Å². The molecule has 43 heavy (non-hydrogen) atoms. The van der Waals surface area contributed by atoms with Crippen molar-refractivity contribution in [2.45, 2.75) is 52.4 Å². The molecule has 0 radical (unpaired) electrons. The van der Waals surface area contributed by atoms with E-state index in [0.717, 1.165) is 50.0 Å². The Labute approximate surface area is 254 Å². The first-order valence-corrected chi connectivity index (χ1v) is 15.0. The van der Waals surface area contributed by atoms with E-state index in [4.69, 9.17) is 14.2 Å². The van der Waals surface area contributed by atoms with Crippen molar-refractivity contribution in [2.24, 2.45) is 0 Å². The second-order valence-corrected chi connectivity index (χ2v) is 10.2. The molecule has 0 aromatic heterocycles. The van der Waals surface area contributed by atoms with Gasteiger partial charge in [0, 0.05) is 22.5 Å². The highest BCUT2D eigenvalue weighted by Gasteiger charge is 2.09. The van der Waals surface area contributed by atoms with E-state index in [-0.39, 0.29) is 11.8 Å². The van der Waals surface area contributed by atoms with Gasteiger partial charge in [-0.1, -0.05) is 39.5 Å². The third kappa shape index (κ3) is 10.2. The average molecular weight is 581 g/mol. The van der Waals surface area contributed by atoms with Gasteiger partial charge in [-0.05, 0) is 110 Å². The number of unbranched alkanes of at least 4 members (excludes halogenated alkanes) is 4. The summed E-state index contributed by atoms with van der Waals surface area (Å²) in [5, 5.41) is 5.80. The van der Waals surface area contributed by atoms with Crippen LogP contribution in [0.2, 0.25) is 0 Å². The normalized spacial score (nSPS) is 10.6. The molecule has 0 saturated carbocycles. The minimum Gasteiger partial charge on any atom is -0.494 e. The summed E-state index contributed by atoms with van der Waals surface area (Å²) in [7, 11) is 0. The van der Waals surface area contributed by atoms with Crippen molar-refractivity contribution in [3.05, 3.63) is 108 Å². The molecule has 4 rings (SSSR count). The molecule has 0 aliphatic heterocycles. The minimum absolute atomic E-state index is 0.199. The topological polar surface area (TPSA) is 85.9 Å². The summed E-state index contributed by atoms with van der Waals surface area (Å²) in [5.74, 6) is 2.37. The number of ether oxygens (including phenoxy) is 3. The highest BCUT2D eigenvalue weighted by Crippen LogP contribution is 2.25. The fourth-order valence-corrected chi connectivity index (χ4v) is 4.24. The molecule has 2 amide bonds. The molecule has 0 bridgehead atoms. The highest BCUT2D eigenvalue weighted by atomic mass is 16.5. The van der Waals surface area contributed by atoms with Gasteiger partial charge < -0.3 is 24.8 Å². The molecule has 2 N–H and O–H groups in total. The highest BCUT2D eigenvalue weighted by molar-refractivity contribution is 6.05. The lowest BCUT2D eigenvalue weighted by Crippen LogP contribution is -2.11. The van der Waals surface area contributed by atoms with E-state index in [1.54, 1.807) is 72.8 Å². The van der Waals surface area contributed by atoms with Crippen molar-refractivity contribution in [3.63, 3.8) is 0 Å². The van der Waals surface area contributed by atoms with Crippen LogP contribution in [0.3, 0.4) is 0 Å². The zero-order chi connectivity index (χ0) is 30.3. The summed E-state index contributed by atoms with van der Waals surface area (Å²) in [5.41, 5.74) is 2.42. The van der Waals surface area contributed by atoms with Crippen LogP contribution in [0.5, 0.6) is 23.0 Å². The first-order valence-electron chi connectivity index (χ1n) is 15.0. The number of carbonyl (C=O) groups excluding carboxylic acids is 2. The SMILES string of the molecule is CCCCCOc1ccc(C(=O)Nc2ccc(Oc3ccc(NC(=O)c4ccc(OCCCCC)cc4)cc3)cc2)cc1. The van der Waals surface area contributed by atoms with Gasteiger partial charge in [0.05, 0.1) is 13.2 Å². The lowest BCUT2D eigenvalue weighted by Gasteiger charge is -2.10. The van der Waals surface area contributed by atoms with Crippen molar-refractivity contribution in [1.82, 2.24) is 0 Å². The first kappa shape index (κ1) is 31.2. The zero-order valence-electron chi connectivity index (χ0n) is 24.9. The number of benzene rings is 4. The fraction of sp³-hybridized carbons (Fsp3) is 0.278. The first-order chi connectivity index (χ1) is 21.0. The summed E-state index contributed by atoms with van der Waals surface area (Å²) in [6.45, 7) is 5.67. The van der Waals surface area contributed by atoms with Crippen LogP contribution in [-0.4, -0.2) is 25.0 Å². The van der Waals surface area contributed by atoms with E-state index in [9.17, 15) is 9.59 Å². The maximum atomic E-state index is 12.7. The third-order valence-electron chi connectivity index (χ3n) is 6.73. The van der Waals surface area contributed by atoms with E-state index in [2.05, 4.69) is 24.5 Å². The zero-order valence-corrected chi connectivity index (χ0v) is 24.9. The molecular formula is C36H40N2O5. The fourth-order valence-electron chi connectivity index (χ4n) is 4.24. The number of hydrogen-bond donors (Lipinski definition) is 2. The molecule has 0 atom stereocenters. The van der Waals surface area contributed by atoms with Gasteiger partial charge in [-0.25, -0.2) is 0 Å². The van der Waals surface area contributed by atoms with Crippen LogP contribution in [0.4, 0.5) is 11.4 Å². The van der Waals surface area contributed by atoms with Gasteiger partial charge in [0.15, 0.2) is 0 Å². The number of anilines is 2. The Balaban J connectivity index is 1.23. The lowest BCUT2D eigenvalue weighted by molar-refractivity contribution is 0.101. The largest absolute Gasteiger partial charge is 0.494 e. The molecule has 7 heteroatoms. The van der Waals surface area contributed by atoms with E-state index in [0.29, 0.717) is 47.2 Å². The van der Waals surface area contributed by atoms with Crippen molar-refractivity contribution in [2.75, 3.05) is 23.8 Å². The number of amides is 2. The number of carbonyl (C=O) groups is 2. The van der Waals surface area contributed by atoms with Crippen molar-refractivity contribution >= 4 is 23.2 Å². The molecule has 0 heterocycles. The second kappa shape index (κ2) is 16.6. The van der Waals surface area contributed by atoms with Gasteiger partial charge in [-0.2, -0.15) is 0 Å². The quantitative estimate of drug-likeness (QED) is 0.129. The molecule has 0 spiro atoms. The summed E-state index contributed by atoms with van der Waals surface area (Å²) < 4.78 is 17.4. The Kier molecular flexibility index (Phi) is 12.0. The number of rotatable bonds is 16. The Morgan fingerprint density at radius 2 is 0.837 bits per heavy atom. The summed E-state index contributed by atoms with van der Waals surface area (Å²) in [6.07, 6.45) is 6.62. The van der Waals surface area contributed by atoms with Gasteiger partial charge in [-0.3, -0.25) is 9.59 Å². The van der Waals surface area contributed by atoms with Crippen LogP contribution >= 0.6 is 0 Å². The Morgan fingerprint density at radius 1 is 0.488 bits per heavy atom.